The second-order valence-corrected chi connectivity index (χ2v) is 9.96. The number of nitrogens with one attached hydrogen (secondary N) is 5. The summed E-state index contributed by atoms with van der Waals surface area (Å²) >= 11 is 0. The lowest BCUT2D eigenvalue weighted by Crippen LogP contribution is -2.61. The monoisotopic (exact) mass is 624 g/mol. The number of carbonyl (C=O) groups is 3. The Hall–Kier alpha value is -4.53. The minimum Gasteiger partial charge on any atom is -0.481 e. The van der Waals surface area contributed by atoms with Crippen LogP contribution in [-0.4, -0.2) is 121 Å². The molecule has 2 aromatic rings. The van der Waals surface area contributed by atoms with Crippen LogP contribution in [0.25, 0.3) is 0 Å². The summed E-state index contributed by atoms with van der Waals surface area (Å²) < 4.78 is 4.70. The zero-order valence-corrected chi connectivity index (χ0v) is 23.2. The Morgan fingerprint density at radius 1 is 1.11 bits per heavy atom. The number of aliphatic hydroxyl groups excluding tert-OH is 4. The van der Waals surface area contributed by atoms with E-state index in [-0.39, 0.29) is 36.0 Å². The molecule has 2 aliphatic heterocycles. The van der Waals surface area contributed by atoms with Crippen LogP contribution in [0, 0.1) is 0 Å². The fourth-order valence-corrected chi connectivity index (χ4v) is 4.22. The molecular formula is C25H36N8O11. The van der Waals surface area contributed by atoms with E-state index in [1.54, 1.807) is 12.1 Å². The number of ether oxygens (including phenoxy) is 1. The summed E-state index contributed by atoms with van der Waals surface area (Å²) in [6.45, 7) is 0.489. The predicted molar refractivity (Wildman–Crippen MR) is 154 cm³/mol. The van der Waals surface area contributed by atoms with Crippen molar-refractivity contribution in [2.24, 2.45) is 5.73 Å². The van der Waals surface area contributed by atoms with Crippen LogP contribution >= 0.6 is 0 Å². The van der Waals surface area contributed by atoms with Crippen LogP contribution < -0.4 is 38.3 Å². The number of aliphatic hydroxyl groups is 4. The van der Waals surface area contributed by atoms with E-state index in [1.165, 1.54) is 12.1 Å². The minimum atomic E-state index is -1.35. The number of nitrogen functional groups attached to an aromatic ring is 1. The van der Waals surface area contributed by atoms with Crippen molar-refractivity contribution in [3.8, 4) is 0 Å². The molecule has 3 heterocycles. The number of carboxylic acid groups (broad SMARTS) is 2. The van der Waals surface area contributed by atoms with Crippen molar-refractivity contribution in [1.29, 1.82) is 0 Å². The first-order chi connectivity index (χ1) is 20.8. The van der Waals surface area contributed by atoms with Crippen molar-refractivity contribution in [3.05, 3.63) is 40.2 Å². The predicted octanol–water partition coefficient (Wildman–Crippen LogP) is -3.54. The third-order valence-electron chi connectivity index (χ3n) is 6.70. The Balaban J connectivity index is 0.000000369. The van der Waals surface area contributed by atoms with E-state index in [9.17, 15) is 29.4 Å². The average Bonchev–Trinajstić information content (AvgIpc) is 2.99. The van der Waals surface area contributed by atoms with Gasteiger partial charge in [0.1, 0.15) is 30.0 Å². The lowest BCUT2D eigenvalue weighted by molar-refractivity contribution is -0.248. The van der Waals surface area contributed by atoms with Crippen LogP contribution in [0.15, 0.2) is 29.1 Å². The molecule has 1 fully saturated rings. The molecule has 7 atom stereocenters. The first-order valence-electron chi connectivity index (χ1n) is 13.4. The van der Waals surface area contributed by atoms with Gasteiger partial charge in [-0.2, -0.15) is 4.98 Å². The highest BCUT2D eigenvalue weighted by atomic mass is 16.6. The summed E-state index contributed by atoms with van der Waals surface area (Å²) in [5, 5.41) is 65.6. The molecule has 1 amide bonds. The number of aliphatic carboxylic acids is 2. The molecule has 0 spiro atoms. The van der Waals surface area contributed by atoms with E-state index in [2.05, 4.69) is 31.2 Å². The fourth-order valence-electron chi connectivity index (χ4n) is 4.22. The second-order valence-electron chi connectivity index (χ2n) is 9.96. The van der Waals surface area contributed by atoms with Gasteiger partial charge in [-0.05, 0) is 30.7 Å². The molecule has 4 rings (SSSR count). The SMILES string of the molecule is N[C@@H]1[C@@H](O)[C@H](O)[C@@H](CO)O[C@H]1O.Nc1nc2c(c(=O)[nH]1)N[C@@H](CNc1ccc(C(=O)N[C@@H](CCC(=O)O)C(=O)O)cc1)CN2. The second kappa shape index (κ2) is 15.3. The fraction of sp³-hybridized carbons (Fsp3) is 0.480. The first-order valence-corrected chi connectivity index (χ1v) is 13.4. The number of rotatable bonds is 10. The van der Waals surface area contributed by atoms with Gasteiger partial charge in [0, 0.05) is 30.8 Å². The molecule has 19 nitrogen and oxygen atoms in total. The van der Waals surface area contributed by atoms with Gasteiger partial charge in [0.05, 0.1) is 18.7 Å². The molecule has 0 radical (unpaired) electrons. The van der Waals surface area contributed by atoms with Crippen molar-refractivity contribution < 1.29 is 49.8 Å². The molecule has 0 unspecified atom stereocenters. The number of aromatic amines is 1. The number of hydrogen-bond donors (Lipinski definition) is 13. The van der Waals surface area contributed by atoms with Gasteiger partial charge in [-0.3, -0.25) is 19.4 Å². The largest absolute Gasteiger partial charge is 0.481 e. The summed E-state index contributed by atoms with van der Waals surface area (Å²) in [7, 11) is 0. The molecule has 0 aliphatic carbocycles. The maximum atomic E-state index is 12.3. The van der Waals surface area contributed by atoms with Crippen LogP contribution in [-0.2, 0) is 14.3 Å². The number of fused-ring (bicyclic) bond motifs is 1. The third-order valence-corrected chi connectivity index (χ3v) is 6.70. The van der Waals surface area contributed by atoms with Crippen LogP contribution in [0.1, 0.15) is 23.2 Å². The molecular weight excluding hydrogens is 588 g/mol. The number of H-pyrrole nitrogens is 1. The van der Waals surface area contributed by atoms with Gasteiger partial charge in [0.2, 0.25) is 5.95 Å². The summed E-state index contributed by atoms with van der Waals surface area (Å²) in [6.07, 6.45) is -5.44. The van der Waals surface area contributed by atoms with Gasteiger partial charge in [0.25, 0.3) is 11.5 Å². The van der Waals surface area contributed by atoms with Crippen LogP contribution in [0.3, 0.4) is 0 Å². The number of amides is 1. The number of aromatic nitrogens is 2. The third kappa shape index (κ3) is 8.99. The van der Waals surface area contributed by atoms with E-state index < -0.39 is 61.1 Å². The van der Waals surface area contributed by atoms with E-state index >= 15 is 0 Å². The van der Waals surface area contributed by atoms with Crippen molar-refractivity contribution in [1.82, 2.24) is 15.3 Å². The minimum absolute atomic E-state index is 0.0281. The van der Waals surface area contributed by atoms with Crippen molar-refractivity contribution >= 4 is 41.0 Å². The van der Waals surface area contributed by atoms with Gasteiger partial charge in [-0.25, -0.2) is 4.79 Å². The van der Waals surface area contributed by atoms with Gasteiger partial charge >= 0.3 is 11.9 Å². The summed E-state index contributed by atoms with van der Waals surface area (Å²) in [5.74, 6) is -2.64. The standard InChI is InChI=1S/C19H23N7O6.C6H13NO5/c20-19-25-15-14(17(30)26-19)23-11(8-22-15)7-21-10-3-1-9(2-4-10)16(29)24-12(18(31)32)5-6-13(27)28;7-3-5(10)4(9)2(1-8)12-6(3)11/h1-4,11-12,21,23H,5-8H2,(H,24,29)(H,27,28)(H,31,32)(H4,20,22,25,26,30);2-6,8-11H,1,7H2/t11-,12-;2-,3-,4-,5-,6-/m01/s1. The van der Waals surface area contributed by atoms with Crippen LogP contribution in [0.2, 0.25) is 0 Å². The molecule has 0 saturated carbocycles. The molecule has 44 heavy (non-hydrogen) atoms. The maximum Gasteiger partial charge on any atom is 0.326 e. The Kier molecular flexibility index (Phi) is 11.8. The Morgan fingerprint density at radius 2 is 1.80 bits per heavy atom. The zero-order chi connectivity index (χ0) is 32.6. The van der Waals surface area contributed by atoms with Gasteiger partial charge in [-0.15, -0.1) is 0 Å². The Morgan fingerprint density at radius 3 is 2.41 bits per heavy atom. The number of nitrogens with two attached hydrogens (primary N) is 2. The summed E-state index contributed by atoms with van der Waals surface area (Å²) in [5.41, 5.74) is 11.7. The van der Waals surface area contributed by atoms with Crippen molar-refractivity contribution in [3.63, 3.8) is 0 Å². The smallest absolute Gasteiger partial charge is 0.326 e. The molecule has 1 aromatic carbocycles. The first kappa shape index (κ1) is 34.0. The van der Waals surface area contributed by atoms with E-state index in [1.807, 2.05) is 0 Å². The normalized spacial score (nSPS) is 24.7. The number of hydrogen-bond acceptors (Lipinski definition) is 15. The molecule has 1 saturated heterocycles. The van der Waals surface area contributed by atoms with E-state index in [4.69, 9.17) is 36.6 Å². The van der Waals surface area contributed by atoms with Crippen molar-refractivity contribution in [2.45, 2.75) is 55.6 Å². The summed E-state index contributed by atoms with van der Waals surface area (Å²) in [6, 6.07) is 3.89. The topological polar surface area (TPSA) is 328 Å². The number of benzene rings is 1. The average molecular weight is 625 g/mol. The molecule has 0 bridgehead atoms. The molecule has 242 valence electrons. The Bertz CT molecular complexity index is 1350. The van der Waals surface area contributed by atoms with E-state index in [0.717, 1.165) is 0 Å². The Labute approximate surface area is 249 Å². The van der Waals surface area contributed by atoms with Gasteiger partial charge in [-0.1, -0.05) is 0 Å². The van der Waals surface area contributed by atoms with E-state index in [0.29, 0.717) is 30.3 Å². The number of nitrogens with zero attached hydrogens (tertiary/aromatic N) is 1. The van der Waals surface area contributed by atoms with Gasteiger partial charge in [0.15, 0.2) is 12.1 Å². The lowest BCUT2D eigenvalue weighted by Gasteiger charge is -2.38. The quantitative estimate of drug-likeness (QED) is 0.122. The maximum absolute atomic E-state index is 12.3. The molecule has 19 heteroatoms. The number of anilines is 4. The van der Waals surface area contributed by atoms with Crippen LogP contribution in [0.4, 0.5) is 23.1 Å². The van der Waals surface area contributed by atoms with Crippen LogP contribution in [0.5, 0.6) is 0 Å². The lowest BCUT2D eigenvalue weighted by atomic mass is 9.98. The van der Waals surface area contributed by atoms with Gasteiger partial charge < -0.3 is 68.1 Å². The van der Waals surface area contributed by atoms with Crippen molar-refractivity contribution in [2.75, 3.05) is 41.4 Å². The number of carbonyl (C=O) groups excluding carboxylic acids is 1. The zero-order valence-electron chi connectivity index (χ0n) is 23.2. The molecule has 2 aliphatic rings. The summed E-state index contributed by atoms with van der Waals surface area (Å²) in [4.78, 5) is 52.6. The molecule has 15 N–H and O–H groups in total. The number of carboxylic acids is 2. The highest BCUT2D eigenvalue weighted by molar-refractivity contribution is 5.97. The highest BCUT2D eigenvalue weighted by Crippen LogP contribution is 2.20. The molecule has 1 aromatic heterocycles. The highest BCUT2D eigenvalue weighted by Gasteiger charge is 2.41.